The van der Waals surface area contributed by atoms with Gasteiger partial charge in [-0.25, -0.2) is 9.18 Å². The van der Waals surface area contributed by atoms with E-state index >= 15 is 0 Å². The van der Waals surface area contributed by atoms with Gasteiger partial charge in [-0.3, -0.25) is 9.88 Å². The highest BCUT2D eigenvalue weighted by Gasteiger charge is 2.17. The number of carbonyl (C=O) groups excluding carboxylic acids is 1. The molecule has 0 unspecified atom stereocenters. The number of primary amides is 1. The molecule has 2 amide bonds. The maximum atomic E-state index is 13.8. The Hall–Kier alpha value is -4.85. The lowest BCUT2D eigenvalue weighted by molar-refractivity contribution is 0.256. The number of hydrogen-bond acceptors (Lipinski definition) is 5. The number of carbonyl (C=O) groups is 1. The Morgan fingerprint density at radius 1 is 0.833 bits per heavy atom. The van der Waals surface area contributed by atoms with Crippen LogP contribution in [0.1, 0.15) is 0 Å². The molecular formula is C28H22FN3O4. The highest BCUT2D eigenvalue weighted by Crippen LogP contribution is 2.38. The quantitative estimate of drug-likeness (QED) is 0.296. The third-order valence-corrected chi connectivity index (χ3v) is 5.77. The monoisotopic (exact) mass is 483 g/mol. The second-order valence-corrected chi connectivity index (χ2v) is 7.98. The number of aromatic nitrogens is 1. The van der Waals surface area contributed by atoms with Crippen LogP contribution in [-0.2, 0) is 0 Å². The Morgan fingerprint density at radius 3 is 2.33 bits per heavy atom. The van der Waals surface area contributed by atoms with Crippen LogP contribution in [0.2, 0.25) is 0 Å². The van der Waals surface area contributed by atoms with Crippen LogP contribution >= 0.6 is 0 Å². The summed E-state index contributed by atoms with van der Waals surface area (Å²) in [5.74, 6) is 1.85. The molecule has 0 aliphatic rings. The number of pyridine rings is 1. The lowest BCUT2D eigenvalue weighted by atomic mass is 10.1. The lowest BCUT2D eigenvalue weighted by Gasteiger charge is -2.21. The van der Waals surface area contributed by atoms with Crippen LogP contribution in [0.15, 0.2) is 85.1 Å². The second-order valence-electron chi connectivity index (χ2n) is 7.98. The van der Waals surface area contributed by atoms with E-state index in [1.807, 2.05) is 30.3 Å². The Morgan fingerprint density at radius 2 is 1.58 bits per heavy atom. The van der Waals surface area contributed by atoms with Crippen LogP contribution in [-0.4, -0.2) is 25.2 Å². The van der Waals surface area contributed by atoms with Gasteiger partial charge < -0.3 is 19.9 Å². The molecule has 1 heterocycles. The van der Waals surface area contributed by atoms with E-state index in [1.165, 1.54) is 23.1 Å². The third kappa shape index (κ3) is 4.32. The van der Waals surface area contributed by atoms with Crippen LogP contribution in [0, 0.1) is 5.82 Å². The number of benzene rings is 4. The molecule has 0 saturated carbocycles. The molecule has 1 aromatic heterocycles. The fourth-order valence-corrected chi connectivity index (χ4v) is 4.10. The summed E-state index contributed by atoms with van der Waals surface area (Å²) < 4.78 is 30.8. The second kappa shape index (κ2) is 9.42. The number of rotatable bonds is 6. The largest absolute Gasteiger partial charge is 0.493 e. The van der Waals surface area contributed by atoms with Gasteiger partial charge in [0, 0.05) is 17.6 Å². The summed E-state index contributed by atoms with van der Waals surface area (Å²) in [6.07, 6.45) is 1.66. The topological polar surface area (TPSA) is 86.9 Å². The molecule has 7 nitrogen and oxygen atoms in total. The van der Waals surface area contributed by atoms with Crippen molar-refractivity contribution in [1.82, 2.24) is 4.98 Å². The third-order valence-electron chi connectivity index (χ3n) is 5.77. The average molecular weight is 483 g/mol. The number of urea groups is 1. The molecule has 5 rings (SSSR count). The maximum Gasteiger partial charge on any atom is 0.323 e. The van der Waals surface area contributed by atoms with Gasteiger partial charge in [-0.05, 0) is 65.4 Å². The minimum atomic E-state index is -0.722. The van der Waals surface area contributed by atoms with E-state index in [9.17, 15) is 9.18 Å². The van der Waals surface area contributed by atoms with Gasteiger partial charge in [0.2, 0.25) is 0 Å². The smallest absolute Gasteiger partial charge is 0.323 e. The van der Waals surface area contributed by atoms with E-state index in [-0.39, 0.29) is 0 Å². The molecule has 2 N–H and O–H groups in total. The summed E-state index contributed by atoms with van der Waals surface area (Å²) in [4.78, 5) is 17.9. The van der Waals surface area contributed by atoms with Crippen LogP contribution < -0.4 is 24.8 Å². The number of anilines is 2. The minimum Gasteiger partial charge on any atom is -0.493 e. The molecule has 0 fully saturated rings. The number of fused-ring (bicyclic) bond motifs is 2. The highest BCUT2D eigenvalue weighted by molar-refractivity contribution is 6.01. The Kier molecular flexibility index (Phi) is 6.00. The van der Waals surface area contributed by atoms with Crippen molar-refractivity contribution >= 4 is 39.1 Å². The van der Waals surface area contributed by atoms with Gasteiger partial charge in [-0.2, -0.15) is 0 Å². The minimum absolute atomic E-state index is 0.335. The Bertz CT molecular complexity index is 1610. The number of methoxy groups -OCH3 is 2. The van der Waals surface area contributed by atoms with Crippen molar-refractivity contribution in [3.8, 4) is 23.0 Å². The van der Waals surface area contributed by atoms with Crippen molar-refractivity contribution in [2.45, 2.75) is 0 Å². The number of amides is 2. The van der Waals surface area contributed by atoms with Crippen molar-refractivity contribution in [2.75, 3.05) is 19.1 Å². The molecule has 0 bridgehead atoms. The average Bonchev–Trinajstić information content (AvgIpc) is 2.88. The molecule has 4 aromatic carbocycles. The zero-order valence-corrected chi connectivity index (χ0v) is 19.6. The molecule has 36 heavy (non-hydrogen) atoms. The van der Waals surface area contributed by atoms with Crippen LogP contribution in [0.5, 0.6) is 23.0 Å². The molecule has 0 aliphatic carbocycles. The summed E-state index contributed by atoms with van der Waals surface area (Å²) in [5, 5.41) is 2.50. The van der Waals surface area contributed by atoms with E-state index in [0.717, 1.165) is 16.2 Å². The summed E-state index contributed by atoms with van der Waals surface area (Å²) >= 11 is 0. The van der Waals surface area contributed by atoms with Gasteiger partial charge in [-0.1, -0.05) is 18.2 Å². The summed E-state index contributed by atoms with van der Waals surface area (Å²) in [6, 6.07) is 21.4. The van der Waals surface area contributed by atoms with E-state index in [2.05, 4.69) is 4.98 Å². The molecule has 0 saturated heterocycles. The van der Waals surface area contributed by atoms with Crippen LogP contribution in [0.25, 0.3) is 21.7 Å². The fraction of sp³-hybridized carbons (Fsp3) is 0.0714. The van der Waals surface area contributed by atoms with E-state index < -0.39 is 11.8 Å². The molecular weight excluding hydrogens is 461 g/mol. The molecule has 8 heteroatoms. The van der Waals surface area contributed by atoms with Gasteiger partial charge in [0.25, 0.3) is 0 Å². The maximum absolute atomic E-state index is 13.8. The molecule has 0 radical (unpaired) electrons. The van der Waals surface area contributed by atoms with Crippen LogP contribution in [0.4, 0.5) is 20.6 Å². The first kappa shape index (κ1) is 22.9. The Balaban J connectivity index is 1.54. The SMILES string of the molecule is COc1cc2nccc(Oc3ccc4ccc(N(C(N)=O)c5cccc(F)c5)cc4c3)c2cc1OC. The summed E-state index contributed by atoms with van der Waals surface area (Å²) in [6.45, 7) is 0. The molecule has 180 valence electrons. The van der Waals surface area contributed by atoms with Crippen molar-refractivity contribution in [1.29, 1.82) is 0 Å². The van der Waals surface area contributed by atoms with Crippen LogP contribution in [0.3, 0.4) is 0 Å². The van der Waals surface area contributed by atoms with E-state index in [4.69, 9.17) is 19.9 Å². The summed E-state index contributed by atoms with van der Waals surface area (Å²) in [5.41, 5.74) is 7.17. The van der Waals surface area contributed by atoms with Crippen molar-refractivity contribution in [3.63, 3.8) is 0 Å². The first-order valence-corrected chi connectivity index (χ1v) is 11.0. The first-order chi connectivity index (χ1) is 17.5. The van der Waals surface area contributed by atoms with Crippen molar-refractivity contribution in [3.05, 3.63) is 90.9 Å². The Labute approximate surface area is 206 Å². The zero-order chi connectivity index (χ0) is 25.2. The molecule has 0 aliphatic heterocycles. The lowest BCUT2D eigenvalue weighted by Crippen LogP contribution is -2.31. The zero-order valence-electron chi connectivity index (χ0n) is 19.6. The van der Waals surface area contributed by atoms with E-state index in [1.54, 1.807) is 50.7 Å². The number of nitrogens with zero attached hydrogens (tertiary/aromatic N) is 2. The van der Waals surface area contributed by atoms with Gasteiger partial charge in [0.1, 0.15) is 17.3 Å². The fourth-order valence-electron chi connectivity index (χ4n) is 4.10. The number of halogens is 1. The van der Waals surface area contributed by atoms with Gasteiger partial charge in [0.15, 0.2) is 11.5 Å². The predicted octanol–water partition coefficient (Wildman–Crippen LogP) is 6.55. The van der Waals surface area contributed by atoms with Gasteiger partial charge in [0.05, 0.1) is 31.1 Å². The number of ether oxygens (including phenoxy) is 3. The van der Waals surface area contributed by atoms with Crippen molar-refractivity contribution in [2.24, 2.45) is 5.73 Å². The van der Waals surface area contributed by atoms with E-state index in [0.29, 0.717) is 39.9 Å². The number of hydrogen-bond donors (Lipinski definition) is 1. The predicted molar refractivity (Wildman–Crippen MR) is 137 cm³/mol. The van der Waals surface area contributed by atoms with Gasteiger partial charge >= 0.3 is 6.03 Å². The van der Waals surface area contributed by atoms with Gasteiger partial charge in [-0.15, -0.1) is 0 Å². The molecule has 5 aromatic rings. The normalized spacial score (nSPS) is 10.9. The number of nitrogens with two attached hydrogens (primary N) is 1. The highest BCUT2D eigenvalue weighted by atomic mass is 19.1. The standard InChI is InChI=1S/C28H22FN3O4/c1-34-26-15-23-24(16-27(26)35-2)31-11-10-25(23)36-22-9-7-17-6-8-21(12-18(17)13-22)32(28(30)33)20-5-3-4-19(29)14-20/h3-16H,1-2H3,(H2,30,33). The first-order valence-electron chi connectivity index (χ1n) is 11.0. The molecule has 0 atom stereocenters. The molecule has 0 spiro atoms. The summed E-state index contributed by atoms with van der Waals surface area (Å²) in [7, 11) is 3.14. The van der Waals surface area contributed by atoms with Crippen molar-refractivity contribution < 1.29 is 23.4 Å².